The molecule has 0 bridgehead atoms. The molecule has 4 nitrogen and oxygen atoms in total. The van der Waals surface area contributed by atoms with Crippen LogP contribution in [-0.2, 0) is 0 Å². The normalized spacial score (nSPS) is 21.4. The molecule has 1 aromatic heterocycles. The lowest BCUT2D eigenvalue weighted by Gasteiger charge is -2.40. The lowest BCUT2D eigenvalue weighted by Crippen LogP contribution is -2.39. The van der Waals surface area contributed by atoms with Gasteiger partial charge in [-0.05, 0) is 24.3 Å². The van der Waals surface area contributed by atoms with Gasteiger partial charge in [-0.15, -0.1) is 0 Å². The fourth-order valence-corrected chi connectivity index (χ4v) is 3.03. The Labute approximate surface area is 122 Å². The van der Waals surface area contributed by atoms with Gasteiger partial charge >= 0.3 is 0 Å². The van der Waals surface area contributed by atoms with Crippen LogP contribution in [0.15, 0.2) is 12.3 Å². The lowest BCUT2D eigenvalue weighted by atomic mass is 9.73. The fraction of sp³-hybridized carbons (Fsp3) is 0.688. The summed E-state index contributed by atoms with van der Waals surface area (Å²) < 4.78 is 5.45. The Kier molecular flexibility index (Phi) is 4.41. The van der Waals surface area contributed by atoms with Crippen LogP contribution in [0.1, 0.15) is 39.5 Å². The van der Waals surface area contributed by atoms with E-state index in [2.05, 4.69) is 29.0 Å². The molecule has 0 saturated heterocycles. The number of methoxy groups -OCH3 is 1. The zero-order valence-corrected chi connectivity index (χ0v) is 13.4. The molecule has 0 aromatic carbocycles. The number of nitrogens with zero attached hydrogens (tertiary/aromatic N) is 2. The van der Waals surface area contributed by atoms with Gasteiger partial charge in [0.2, 0.25) is 5.88 Å². The minimum atomic E-state index is 0.308. The molecule has 20 heavy (non-hydrogen) atoms. The fourth-order valence-electron chi connectivity index (χ4n) is 3.03. The van der Waals surface area contributed by atoms with Crippen LogP contribution in [0.3, 0.4) is 0 Å². The molecular formula is C16H27N3O. The monoisotopic (exact) mass is 277 g/mol. The standard InChI is InChI=1S/C16H27N3O/c1-16(2)10-7-6-8-13(16)18-14-12(19(3)4)9-11-17-15(14)20-5/h9,11,13,18H,6-8,10H2,1-5H3. The highest BCUT2D eigenvalue weighted by Gasteiger charge is 2.33. The van der Waals surface area contributed by atoms with Crippen LogP contribution in [-0.4, -0.2) is 32.2 Å². The van der Waals surface area contributed by atoms with E-state index in [-0.39, 0.29) is 0 Å². The zero-order chi connectivity index (χ0) is 14.8. The Bertz CT molecular complexity index is 457. The number of rotatable bonds is 4. The Morgan fingerprint density at radius 2 is 2.10 bits per heavy atom. The highest BCUT2D eigenvalue weighted by atomic mass is 16.5. The Balaban J connectivity index is 2.31. The zero-order valence-electron chi connectivity index (χ0n) is 13.4. The molecule has 1 heterocycles. The maximum Gasteiger partial charge on any atom is 0.239 e. The molecule has 0 radical (unpaired) electrons. The Morgan fingerprint density at radius 3 is 2.70 bits per heavy atom. The van der Waals surface area contributed by atoms with Crippen molar-refractivity contribution >= 4 is 11.4 Å². The van der Waals surface area contributed by atoms with Gasteiger partial charge in [0.25, 0.3) is 0 Å². The molecule has 4 heteroatoms. The van der Waals surface area contributed by atoms with Crippen molar-refractivity contribution in [1.29, 1.82) is 0 Å². The van der Waals surface area contributed by atoms with Gasteiger partial charge in [-0.3, -0.25) is 0 Å². The molecule has 0 aliphatic heterocycles. The molecule has 1 aromatic rings. The van der Waals surface area contributed by atoms with E-state index >= 15 is 0 Å². The van der Waals surface area contributed by atoms with Gasteiger partial charge in [-0.1, -0.05) is 26.7 Å². The van der Waals surface area contributed by atoms with Crippen molar-refractivity contribution in [3.8, 4) is 5.88 Å². The molecule has 1 aliphatic carbocycles. The SMILES string of the molecule is COc1nccc(N(C)C)c1NC1CCCCC1(C)C. The summed E-state index contributed by atoms with van der Waals surface area (Å²) in [4.78, 5) is 6.44. The van der Waals surface area contributed by atoms with E-state index in [1.165, 1.54) is 25.7 Å². The van der Waals surface area contributed by atoms with Crippen molar-refractivity contribution in [2.24, 2.45) is 5.41 Å². The third-order valence-electron chi connectivity index (χ3n) is 4.40. The van der Waals surface area contributed by atoms with Crippen molar-refractivity contribution in [2.75, 3.05) is 31.4 Å². The second kappa shape index (κ2) is 5.90. The summed E-state index contributed by atoms with van der Waals surface area (Å²) in [6.07, 6.45) is 6.89. The van der Waals surface area contributed by atoms with Gasteiger partial charge in [-0.2, -0.15) is 0 Å². The first-order chi connectivity index (χ1) is 9.45. The molecule has 2 rings (SSSR count). The first-order valence-electron chi connectivity index (χ1n) is 7.42. The maximum absolute atomic E-state index is 5.45. The molecule has 1 saturated carbocycles. The molecule has 1 atom stereocenters. The summed E-state index contributed by atoms with van der Waals surface area (Å²) >= 11 is 0. The van der Waals surface area contributed by atoms with Crippen LogP contribution in [0.25, 0.3) is 0 Å². The Morgan fingerprint density at radius 1 is 1.35 bits per heavy atom. The van der Waals surface area contributed by atoms with Crippen molar-refractivity contribution in [3.63, 3.8) is 0 Å². The van der Waals surface area contributed by atoms with E-state index in [9.17, 15) is 0 Å². The van der Waals surface area contributed by atoms with E-state index in [4.69, 9.17) is 4.74 Å². The number of hydrogen-bond donors (Lipinski definition) is 1. The minimum Gasteiger partial charge on any atom is -0.479 e. The van der Waals surface area contributed by atoms with Crippen LogP contribution in [0, 0.1) is 5.41 Å². The second-order valence-corrected chi connectivity index (χ2v) is 6.54. The first kappa shape index (κ1) is 14.9. The van der Waals surface area contributed by atoms with Crippen molar-refractivity contribution in [1.82, 2.24) is 4.98 Å². The average Bonchev–Trinajstić information content (AvgIpc) is 2.40. The number of aromatic nitrogens is 1. The minimum absolute atomic E-state index is 0.308. The average molecular weight is 277 g/mol. The molecular weight excluding hydrogens is 250 g/mol. The van der Waals surface area contributed by atoms with Gasteiger partial charge in [0.15, 0.2) is 0 Å². The van der Waals surface area contributed by atoms with E-state index < -0.39 is 0 Å². The van der Waals surface area contributed by atoms with Gasteiger partial charge in [0.05, 0.1) is 12.8 Å². The molecule has 1 aliphatic rings. The second-order valence-electron chi connectivity index (χ2n) is 6.54. The molecule has 112 valence electrons. The van der Waals surface area contributed by atoms with Crippen molar-refractivity contribution in [2.45, 2.75) is 45.6 Å². The highest BCUT2D eigenvalue weighted by molar-refractivity contribution is 5.74. The van der Waals surface area contributed by atoms with Gasteiger partial charge in [-0.25, -0.2) is 4.98 Å². The third-order valence-corrected chi connectivity index (χ3v) is 4.40. The largest absolute Gasteiger partial charge is 0.479 e. The summed E-state index contributed by atoms with van der Waals surface area (Å²) in [5.74, 6) is 0.678. The van der Waals surface area contributed by atoms with E-state index in [1.54, 1.807) is 13.3 Å². The van der Waals surface area contributed by atoms with Crippen LogP contribution < -0.4 is 15.0 Å². The smallest absolute Gasteiger partial charge is 0.239 e. The molecule has 0 spiro atoms. The number of anilines is 2. The predicted molar refractivity (Wildman–Crippen MR) is 84.8 cm³/mol. The summed E-state index contributed by atoms with van der Waals surface area (Å²) in [6.45, 7) is 4.70. The van der Waals surface area contributed by atoms with Gasteiger partial charge < -0.3 is 15.0 Å². The van der Waals surface area contributed by atoms with Gasteiger partial charge in [0, 0.05) is 26.3 Å². The summed E-state index contributed by atoms with van der Waals surface area (Å²) in [5.41, 5.74) is 2.45. The Hall–Kier alpha value is -1.45. The van der Waals surface area contributed by atoms with Crippen LogP contribution in [0.4, 0.5) is 11.4 Å². The quantitative estimate of drug-likeness (QED) is 0.913. The van der Waals surface area contributed by atoms with Crippen LogP contribution in [0.2, 0.25) is 0 Å². The third kappa shape index (κ3) is 3.00. The number of nitrogens with one attached hydrogen (secondary N) is 1. The summed E-state index contributed by atoms with van der Waals surface area (Å²) in [5, 5.41) is 3.71. The summed E-state index contributed by atoms with van der Waals surface area (Å²) in [6, 6.07) is 2.49. The van der Waals surface area contributed by atoms with Gasteiger partial charge in [0.1, 0.15) is 5.69 Å². The number of pyridine rings is 1. The van der Waals surface area contributed by atoms with Crippen molar-refractivity contribution in [3.05, 3.63) is 12.3 Å². The van der Waals surface area contributed by atoms with Crippen LogP contribution >= 0.6 is 0 Å². The van der Waals surface area contributed by atoms with Crippen LogP contribution in [0.5, 0.6) is 5.88 Å². The molecule has 1 unspecified atom stereocenters. The topological polar surface area (TPSA) is 37.4 Å². The maximum atomic E-state index is 5.45. The molecule has 0 amide bonds. The van der Waals surface area contributed by atoms with E-state index in [0.717, 1.165) is 11.4 Å². The van der Waals surface area contributed by atoms with Crippen molar-refractivity contribution < 1.29 is 4.74 Å². The number of ether oxygens (including phenoxy) is 1. The predicted octanol–water partition coefficient (Wildman–Crippen LogP) is 3.54. The lowest BCUT2D eigenvalue weighted by molar-refractivity contribution is 0.216. The summed E-state index contributed by atoms with van der Waals surface area (Å²) in [7, 11) is 5.77. The number of hydrogen-bond acceptors (Lipinski definition) is 4. The van der Waals surface area contributed by atoms with E-state index in [1.807, 2.05) is 20.2 Å². The first-order valence-corrected chi connectivity index (χ1v) is 7.42. The molecule has 1 fully saturated rings. The molecule has 1 N–H and O–H groups in total. The highest BCUT2D eigenvalue weighted by Crippen LogP contribution is 2.40. The van der Waals surface area contributed by atoms with E-state index in [0.29, 0.717) is 17.3 Å².